The Morgan fingerprint density at radius 2 is 1.88 bits per heavy atom. The van der Waals surface area contributed by atoms with Crippen LogP contribution in [0.25, 0.3) is 0 Å². The maximum Gasteiger partial charge on any atom is 0.213 e. The fourth-order valence-electron chi connectivity index (χ4n) is 1.41. The maximum absolute atomic E-state index is 13.4. The number of hydrogen-bond donors (Lipinski definition) is 1. The second kappa shape index (κ2) is 5.75. The summed E-state index contributed by atoms with van der Waals surface area (Å²) >= 11 is 5.31. The lowest BCUT2D eigenvalue weighted by Crippen LogP contribution is -2.30. The fourth-order valence-corrected chi connectivity index (χ4v) is 3.00. The Kier molecular flexibility index (Phi) is 4.85. The van der Waals surface area contributed by atoms with Gasteiger partial charge in [-0.1, -0.05) is 6.07 Å². The molecule has 0 saturated carbocycles. The van der Waals surface area contributed by atoms with Crippen molar-refractivity contribution in [2.75, 3.05) is 11.6 Å². The van der Waals surface area contributed by atoms with Crippen LogP contribution in [-0.2, 0) is 10.0 Å². The summed E-state index contributed by atoms with van der Waals surface area (Å²) in [6, 6.07) is 2.38. The van der Waals surface area contributed by atoms with Crippen molar-refractivity contribution in [3.05, 3.63) is 35.4 Å². The van der Waals surface area contributed by atoms with E-state index < -0.39 is 27.7 Å². The summed E-state index contributed by atoms with van der Waals surface area (Å²) in [7, 11) is -3.63. The van der Waals surface area contributed by atoms with Gasteiger partial charge in [0.1, 0.15) is 11.6 Å². The van der Waals surface area contributed by atoms with Crippen LogP contribution in [-0.4, -0.2) is 20.1 Å². The number of sulfonamides is 1. The van der Waals surface area contributed by atoms with Crippen molar-refractivity contribution < 1.29 is 17.2 Å². The summed E-state index contributed by atoms with van der Waals surface area (Å²) in [5, 5.41) is 0. The van der Waals surface area contributed by atoms with E-state index in [-0.39, 0.29) is 17.2 Å². The van der Waals surface area contributed by atoms with E-state index in [9.17, 15) is 17.2 Å². The van der Waals surface area contributed by atoms with E-state index in [2.05, 4.69) is 4.72 Å². The van der Waals surface area contributed by atoms with Gasteiger partial charge in [-0.15, -0.1) is 11.6 Å². The quantitative estimate of drug-likeness (QED) is 0.842. The first kappa shape index (κ1) is 14.3. The van der Waals surface area contributed by atoms with Crippen LogP contribution in [0.15, 0.2) is 18.2 Å². The van der Waals surface area contributed by atoms with Gasteiger partial charge >= 0.3 is 0 Å². The zero-order valence-electron chi connectivity index (χ0n) is 9.08. The molecule has 0 aliphatic rings. The topological polar surface area (TPSA) is 46.2 Å². The number of nitrogens with one attached hydrogen (secondary N) is 1. The monoisotopic (exact) mass is 283 g/mol. The summed E-state index contributed by atoms with van der Waals surface area (Å²) in [6.07, 6.45) is 0. The maximum atomic E-state index is 13.4. The molecule has 0 saturated heterocycles. The first-order valence-corrected chi connectivity index (χ1v) is 7.06. The Labute approximate surface area is 104 Å². The first-order chi connectivity index (χ1) is 7.87. The van der Waals surface area contributed by atoms with Gasteiger partial charge in [-0.3, -0.25) is 0 Å². The van der Waals surface area contributed by atoms with Gasteiger partial charge in [0.25, 0.3) is 0 Å². The van der Waals surface area contributed by atoms with Crippen LogP contribution in [0.1, 0.15) is 18.5 Å². The molecule has 0 spiro atoms. The number of benzene rings is 1. The minimum Gasteiger partial charge on any atom is -0.212 e. The van der Waals surface area contributed by atoms with Crippen molar-refractivity contribution >= 4 is 21.6 Å². The van der Waals surface area contributed by atoms with Crippen LogP contribution in [0.2, 0.25) is 0 Å². The highest BCUT2D eigenvalue weighted by molar-refractivity contribution is 7.89. The normalized spacial score (nSPS) is 13.6. The summed E-state index contributed by atoms with van der Waals surface area (Å²) in [4.78, 5) is 0. The van der Waals surface area contributed by atoms with Crippen molar-refractivity contribution in [3.8, 4) is 0 Å². The van der Waals surface area contributed by atoms with Crippen LogP contribution >= 0.6 is 11.6 Å². The highest BCUT2D eigenvalue weighted by Crippen LogP contribution is 2.20. The van der Waals surface area contributed by atoms with E-state index in [1.807, 2.05) is 0 Å². The first-order valence-electron chi connectivity index (χ1n) is 4.87. The molecule has 0 aliphatic carbocycles. The van der Waals surface area contributed by atoms with Gasteiger partial charge in [0.05, 0.1) is 5.75 Å². The molecule has 0 aromatic heterocycles. The van der Waals surface area contributed by atoms with Gasteiger partial charge in [0.15, 0.2) is 0 Å². The summed E-state index contributed by atoms with van der Waals surface area (Å²) in [6.45, 7) is 1.37. The van der Waals surface area contributed by atoms with Gasteiger partial charge in [-0.2, -0.15) is 0 Å². The lowest BCUT2D eigenvalue weighted by molar-refractivity contribution is 0.515. The number of hydrogen-bond acceptors (Lipinski definition) is 2. The standard InChI is InChI=1S/C10H12ClF2NO2S/c1-7(14-17(15,16)6-5-11)10-8(12)3-2-4-9(10)13/h2-4,7,14H,5-6H2,1H3. The van der Waals surface area contributed by atoms with E-state index in [0.717, 1.165) is 12.1 Å². The number of alkyl halides is 1. The number of halogens is 3. The van der Waals surface area contributed by atoms with Gasteiger partial charge in [-0.25, -0.2) is 21.9 Å². The summed E-state index contributed by atoms with van der Waals surface area (Å²) in [5.74, 6) is -1.95. The molecular weight excluding hydrogens is 272 g/mol. The fraction of sp³-hybridized carbons (Fsp3) is 0.400. The highest BCUT2D eigenvalue weighted by atomic mass is 35.5. The zero-order chi connectivity index (χ0) is 13.1. The molecule has 1 aromatic carbocycles. The smallest absolute Gasteiger partial charge is 0.212 e. The van der Waals surface area contributed by atoms with Crippen molar-refractivity contribution in [3.63, 3.8) is 0 Å². The Bertz CT molecular complexity index is 473. The zero-order valence-corrected chi connectivity index (χ0v) is 10.7. The lowest BCUT2D eigenvalue weighted by atomic mass is 10.1. The van der Waals surface area contributed by atoms with Crippen LogP contribution < -0.4 is 4.72 Å². The Morgan fingerprint density at radius 1 is 1.35 bits per heavy atom. The molecular formula is C10H12ClF2NO2S. The minimum absolute atomic E-state index is 0.0815. The third kappa shape index (κ3) is 3.90. The van der Waals surface area contributed by atoms with E-state index in [0.29, 0.717) is 0 Å². The van der Waals surface area contributed by atoms with Gasteiger partial charge in [0, 0.05) is 17.5 Å². The van der Waals surface area contributed by atoms with Crippen molar-refractivity contribution in [2.45, 2.75) is 13.0 Å². The molecule has 1 atom stereocenters. The molecule has 7 heteroatoms. The molecule has 0 heterocycles. The molecule has 3 nitrogen and oxygen atoms in total. The molecule has 1 rings (SSSR count). The van der Waals surface area contributed by atoms with E-state index in [1.54, 1.807) is 0 Å². The number of rotatable bonds is 5. The largest absolute Gasteiger partial charge is 0.213 e. The second-order valence-electron chi connectivity index (χ2n) is 3.48. The Morgan fingerprint density at radius 3 is 2.35 bits per heavy atom. The predicted octanol–water partition coefficient (Wildman–Crippen LogP) is 2.18. The molecule has 0 fully saturated rings. The van der Waals surface area contributed by atoms with E-state index in [1.165, 1.54) is 13.0 Å². The van der Waals surface area contributed by atoms with Crippen LogP contribution in [0.4, 0.5) is 8.78 Å². The molecule has 1 N–H and O–H groups in total. The molecule has 0 radical (unpaired) electrons. The van der Waals surface area contributed by atoms with Crippen molar-refractivity contribution in [2.24, 2.45) is 0 Å². The second-order valence-corrected chi connectivity index (χ2v) is 5.73. The third-order valence-electron chi connectivity index (χ3n) is 2.13. The molecule has 0 bridgehead atoms. The molecule has 1 unspecified atom stereocenters. The highest BCUT2D eigenvalue weighted by Gasteiger charge is 2.20. The lowest BCUT2D eigenvalue weighted by Gasteiger charge is -2.15. The third-order valence-corrected chi connectivity index (χ3v) is 4.00. The molecule has 1 aromatic rings. The van der Waals surface area contributed by atoms with Crippen LogP contribution in [0, 0.1) is 11.6 Å². The molecule has 96 valence electrons. The summed E-state index contributed by atoms with van der Waals surface area (Å²) in [5.41, 5.74) is -0.300. The van der Waals surface area contributed by atoms with Crippen molar-refractivity contribution in [1.82, 2.24) is 4.72 Å². The summed E-state index contributed by atoms with van der Waals surface area (Å²) < 4.78 is 51.7. The molecule has 17 heavy (non-hydrogen) atoms. The molecule has 0 aliphatic heterocycles. The Hall–Kier alpha value is -0.720. The SMILES string of the molecule is CC(NS(=O)(=O)CCCl)c1c(F)cccc1F. The van der Waals surface area contributed by atoms with Crippen LogP contribution in [0.5, 0.6) is 0 Å². The minimum atomic E-state index is -3.63. The van der Waals surface area contributed by atoms with Crippen LogP contribution in [0.3, 0.4) is 0 Å². The van der Waals surface area contributed by atoms with E-state index >= 15 is 0 Å². The average Bonchev–Trinajstić information content (AvgIpc) is 2.15. The van der Waals surface area contributed by atoms with Gasteiger partial charge in [-0.05, 0) is 19.1 Å². The van der Waals surface area contributed by atoms with Crippen molar-refractivity contribution in [1.29, 1.82) is 0 Å². The average molecular weight is 284 g/mol. The van der Waals surface area contributed by atoms with Gasteiger partial charge < -0.3 is 0 Å². The Balaban J connectivity index is 2.94. The molecule has 0 amide bonds. The van der Waals surface area contributed by atoms with Gasteiger partial charge in [0.2, 0.25) is 10.0 Å². The predicted molar refractivity (Wildman–Crippen MR) is 62.4 cm³/mol. The van der Waals surface area contributed by atoms with E-state index in [4.69, 9.17) is 11.6 Å².